The van der Waals surface area contributed by atoms with Crippen molar-refractivity contribution in [2.75, 3.05) is 0 Å². The van der Waals surface area contributed by atoms with Gasteiger partial charge in [0, 0.05) is 5.56 Å². The number of carbonyl (C=O) groups excluding carboxylic acids is 1. The molecule has 0 heterocycles. The lowest BCUT2D eigenvalue weighted by Crippen LogP contribution is -2.40. The summed E-state index contributed by atoms with van der Waals surface area (Å²) in [6.45, 7) is 1.82. The van der Waals surface area contributed by atoms with Crippen LogP contribution in [-0.4, -0.2) is 23.0 Å². The summed E-state index contributed by atoms with van der Waals surface area (Å²) in [6.07, 6.45) is 0.964. The molecule has 2 N–H and O–H groups in total. The fraction of sp³-hybridized carbons (Fsp3) is 0.333. The van der Waals surface area contributed by atoms with Crippen LogP contribution in [0, 0.1) is 5.82 Å². The van der Waals surface area contributed by atoms with E-state index in [1.165, 1.54) is 12.1 Å². The Hall–Kier alpha value is -1.43. The van der Waals surface area contributed by atoms with E-state index in [-0.39, 0.29) is 10.0 Å². The number of amides is 1. The second-order valence-electron chi connectivity index (χ2n) is 3.78. The van der Waals surface area contributed by atoms with Crippen LogP contribution in [-0.2, 0) is 4.79 Å². The van der Waals surface area contributed by atoms with E-state index < -0.39 is 23.7 Å². The highest BCUT2D eigenvalue weighted by Gasteiger charge is 2.19. The molecule has 1 aromatic carbocycles. The van der Waals surface area contributed by atoms with Crippen molar-refractivity contribution in [1.82, 2.24) is 5.32 Å². The molecule has 1 aromatic rings. The highest BCUT2D eigenvalue weighted by Crippen LogP contribution is 2.16. The average Bonchev–Trinajstić information content (AvgIpc) is 2.31. The van der Waals surface area contributed by atoms with Crippen LogP contribution in [0.2, 0.25) is 0 Å². The van der Waals surface area contributed by atoms with Gasteiger partial charge in [-0.2, -0.15) is 0 Å². The first-order valence-corrected chi connectivity index (χ1v) is 6.23. The van der Waals surface area contributed by atoms with Gasteiger partial charge in [0.2, 0.25) is 0 Å². The van der Waals surface area contributed by atoms with Crippen LogP contribution in [0.1, 0.15) is 30.1 Å². The zero-order valence-electron chi connectivity index (χ0n) is 9.74. The van der Waals surface area contributed by atoms with E-state index in [2.05, 4.69) is 21.2 Å². The van der Waals surface area contributed by atoms with Gasteiger partial charge in [0.05, 0.1) is 4.47 Å². The molecular weight excluding hydrogens is 305 g/mol. The monoisotopic (exact) mass is 317 g/mol. The third-order valence-corrected chi connectivity index (χ3v) is 3.01. The van der Waals surface area contributed by atoms with E-state index in [4.69, 9.17) is 5.11 Å². The standard InChI is InChI=1S/C12H13BrFNO3/c1-2-3-10(12(17)18)15-11(16)7-4-5-8(13)9(14)6-7/h4-6,10H,2-3H2,1H3,(H,15,16)(H,17,18)/t10-/m1/s1. The average molecular weight is 318 g/mol. The van der Waals surface area contributed by atoms with Crippen LogP contribution in [0.5, 0.6) is 0 Å². The topological polar surface area (TPSA) is 66.4 Å². The van der Waals surface area contributed by atoms with E-state index in [1.54, 1.807) is 0 Å². The number of aliphatic carboxylic acids is 1. The van der Waals surface area contributed by atoms with Crippen molar-refractivity contribution in [1.29, 1.82) is 0 Å². The van der Waals surface area contributed by atoms with Gasteiger partial charge in [-0.05, 0) is 40.5 Å². The first kappa shape index (κ1) is 14.6. The summed E-state index contributed by atoms with van der Waals surface area (Å²) in [7, 11) is 0. The van der Waals surface area contributed by atoms with Gasteiger partial charge in [0.15, 0.2) is 0 Å². The predicted molar refractivity (Wildman–Crippen MR) is 67.9 cm³/mol. The number of halogens is 2. The lowest BCUT2D eigenvalue weighted by Gasteiger charge is -2.13. The lowest BCUT2D eigenvalue weighted by molar-refractivity contribution is -0.139. The zero-order valence-corrected chi connectivity index (χ0v) is 11.3. The molecule has 4 nitrogen and oxygen atoms in total. The van der Waals surface area contributed by atoms with Crippen molar-refractivity contribution in [3.05, 3.63) is 34.1 Å². The molecule has 0 aliphatic carbocycles. The van der Waals surface area contributed by atoms with Crippen molar-refractivity contribution in [3.8, 4) is 0 Å². The third kappa shape index (κ3) is 3.80. The summed E-state index contributed by atoms with van der Waals surface area (Å²) in [4.78, 5) is 22.6. The highest BCUT2D eigenvalue weighted by atomic mass is 79.9. The van der Waals surface area contributed by atoms with E-state index in [0.29, 0.717) is 12.8 Å². The molecule has 0 aromatic heterocycles. The number of hydrogen-bond donors (Lipinski definition) is 2. The molecular formula is C12H13BrFNO3. The summed E-state index contributed by atoms with van der Waals surface area (Å²) < 4.78 is 13.5. The van der Waals surface area contributed by atoms with Gasteiger partial charge in [-0.15, -0.1) is 0 Å². The number of benzene rings is 1. The molecule has 0 aliphatic heterocycles. The maximum absolute atomic E-state index is 13.2. The number of carbonyl (C=O) groups is 2. The number of carboxylic acid groups (broad SMARTS) is 1. The van der Waals surface area contributed by atoms with E-state index in [1.807, 2.05) is 6.92 Å². The number of rotatable bonds is 5. The Balaban J connectivity index is 2.80. The van der Waals surface area contributed by atoms with Crippen LogP contribution >= 0.6 is 15.9 Å². The zero-order chi connectivity index (χ0) is 13.7. The van der Waals surface area contributed by atoms with Gasteiger partial charge < -0.3 is 10.4 Å². The normalized spacial score (nSPS) is 11.9. The van der Waals surface area contributed by atoms with Gasteiger partial charge in [-0.25, -0.2) is 9.18 Å². The van der Waals surface area contributed by atoms with Crippen LogP contribution in [0.25, 0.3) is 0 Å². The van der Waals surface area contributed by atoms with Gasteiger partial charge in [-0.3, -0.25) is 4.79 Å². The Morgan fingerprint density at radius 1 is 1.50 bits per heavy atom. The Bertz CT molecular complexity index is 465. The fourth-order valence-electron chi connectivity index (χ4n) is 1.43. The SMILES string of the molecule is CCC[C@@H](NC(=O)c1ccc(Br)c(F)c1)C(=O)O. The molecule has 0 fully saturated rings. The summed E-state index contributed by atoms with van der Waals surface area (Å²) in [6, 6.07) is 2.94. The van der Waals surface area contributed by atoms with Crippen LogP contribution in [0.15, 0.2) is 22.7 Å². The second-order valence-corrected chi connectivity index (χ2v) is 4.64. The molecule has 98 valence electrons. The van der Waals surface area contributed by atoms with E-state index in [9.17, 15) is 14.0 Å². The second kappa shape index (κ2) is 6.49. The molecule has 0 aliphatic rings. The summed E-state index contributed by atoms with van der Waals surface area (Å²) in [5.41, 5.74) is 0.0954. The summed E-state index contributed by atoms with van der Waals surface area (Å²) in [5.74, 6) is -2.25. The maximum Gasteiger partial charge on any atom is 0.326 e. The smallest absolute Gasteiger partial charge is 0.326 e. The van der Waals surface area contributed by atoms with E-state index >= 15 is 0 Å². The Morgan fingerprint density at radius 2 is 2.17 bits per heavy atom. The van der Waals surface area contributed by atoms with Crippen LogP contribution in [0.3, 0.4) is 0 Å². The molecule has 18 heavy (non-hydrogen) atoms. The maximum atomic E-state index is 13.2. The molecule has 0 unspecified atom stereocenters. The summed E-state index contributed by atoms with van der Waals surface area (Å²) in [5, 5.41) is 11.3. The van der Waals surface area contributed by atoms with Crippen molar-refractivity contribution < 1.29 is 19.1 Å². The summed E-state index contributed by atoms with van der Waals surface area (Å²) >= 11 is 2.98. The minimum absolute atomic E-state index is 0.0954. The Kier molecular flexibility index (Phi) is 5.27. The lowest BCUT2D eigenvalue weighted by atomic mass is 10.1. The molecule has 0 spiro atoms. The number of nitrogens with one attached hydrogen (secondary N) is 1. The fourth-order valence-corrected chi connectivity index (χ4v) is 1.67. The van der Waals surface area contributed by atoms with Gasteiger partial charge in [0.25, 0.3) is 5.91 Å². The van der Waals surface area contributed by atoms with Gasteiger partial charge >= 0.3 is 5.97 Å². The molecule has 0 radical (unpaired) electrons. The molecule has 0 saturated carbocycles. The molecule has 1 amide bonds. The van der Waals surface area contributed by atoms with Crippen molar-refractivity contribution in [3.63, 3.8) is 0 Å². The first-order valence-electron chi connectivity index (χ1n) is 5.44. The molecule has 1 rings (SSSR count). The molecule has 0 bridgehead atoms. The number of hydrogen-bond acceptors (Lipinski definition) is 2. The first-order chi connectivity index (χ1) is 8.45. The quantitative estimate of drug-likeness (QED) is 0.877. The Morgan fingerprint density at radius 3 is 2.67 bits per heavy atom. The minimum atomic E-state index is -1.09. The minimum Gasteiger partial charge on any atom is -0.480 e. The van der Waals surface area contributed by atoms with Crippen LogP contribution < -0.4 is 5.32 Å². The van der Waals surface area contributed by atoms with Gasteiger partial charge in [0.1, 0.15) is 11.9 Å². The Labute approximate surface area is 112 Å². The van der Waals surface area contributed by atoms with E-state index in [0.717, 1.165) is 6.07 Å². The number of carboxylic acids is 1. The predicted octanol–water partition coefficient (Wildman–Crippen LogP) is 2.57. The van der Waals surface area contributed by atoms with Crippen LogP contribution in [0.4, 0.5) is 4.39 Å². The van der Waals surface area contributed by atoms with Crippen molar-refractivity contribution in [2.24, 2.45) is 0 Å². The highest BCUT2D eigenvalue weighted by molar-refractivity contribution is 9.10. The largest absolute Gasteiger partial charge is 0.480 e. The van der Waals surface area contributed by atoms with Crippen molar-refractivity contribution in [2.45, 2.75) is 25.8 Å². The third-order valence-electron chi connectivity index (χ3n) is 2.36. The molecule has 0 saturated heterocycles. The van der Waals surface area contributed by atoms with Crippen molar-refractivity contribution >= 4 is 27.8 Å². The van der Waals surface area contributed by atoms with Gasteiger partial charge in [-0.1, -0.05) is 13.3 Å². The molecule has 6 heteroatoms. The molecule has 1 atom stereocenters.